The van der Waals surface area contributed by atoms with Crippen molar-refractivity contribution in [1.82, 2.24) is 9.97 Å². The number of sulfonamides is 1. The summed E-state index contributed by atoms with van der Waals surface area (Å²) in [5.74, 6) is 0.0570. The predicted octanol–water partition coefficient (Wildman–Crippen LogP) is 4.17. The molecule has 2 aromatic heterocycles. The van der Waals surface area contributed by atoms with Crippen molar-refractivity contribution >= 4 is 82.2 Å². The second-order valence-electron chi connectivity index (χ2n) is 3.13. The lowest BCUT2D eigenvalue weighted by Gasteiger charge is -2.07. The Labute approximate surface area is 139 Å². The van der Waals surface area contributed by atoms with E-state index in [2.05, 4.69) is 46.5 Å². The summed E-state index contributed by atoms with van der Waals surface area (Å²) in [4.78, 5) is 7.78. The van der Waals surface area contributed by atoms with Crippen LogP contribution in [0.25, 0.3) is 0 Å². The van der Waals surface area contributed by atoms with Crippen LogP contribution >= 0.6 is 66.4 Å². The van der Waals surface area contributed by atoms with Crippen LogP contribution in [0.15, 0.2) is 26.4 Å². The van der Waals surface area contributed by atoms with Gasteiger partial charge in [-0.25, -0.2) is 18.4 Å². The lowest BCUT2D eigenvalue weighted by atomic mass is 10.7. The molecular formula is C8H3Br2Cl2N3O2S2. The van der Waals surface area contributed by atoms with Crippen molar-refractivity contribution in [1.29, 1.82) is 0 Å². The number of nitrogens with one attached hydrogen (secondary N) is 1. The second-order valence-corrected chi connectivity index (χ2v) is 8.63. The van der Waals surface area contributed by atoms with Crippen LogP contribution in [0.1, 0.15) is 0 Å². The second kappa shape index (κ2) is 5.82. The van der Waals surface area contributed by atoms with Gasteiger partial charge in [-0.05, 0) is 37.9 Å². The van der Waals surface area contributed by atoms with Gasteiger partial charge in [-0.3, -0.25) is 4.72 Å². The highest BCUT2D eigenvalue weighted by atomic mass is 79.9. The molecule has 2 rings (SSSR count). The summed E-state index contributed by atoms with van der Waals surface area (Å²) in [5.41, 5.74) is 0. The van der Waals surface area contributed by atoms with E-state index in [9.17, 15) is 8.42 Å². The smallest absolute Gasteiger partial charge is 0.261 e. The molecule has 19 heavy (non-hydrogen) atoms. The van der Waals surface area contributed by atoms with Gasteiger partial charge in [0.2, 0.25) is 0 Å². The number of anilines is 1. The van der Waals surface area contributed by atoms with Gasteiger partial charge in [0, 0.05) is 0 Å². The van der Waals surface area contributed by atoms with Crippen molar-refractivity contribution in [2.45, 2.75) is 4.90 Å². The average molecular weight is 468 g/mol. The monoisotopic (exact) mass is 465 g/mol. The molecule has 0 saturated heterocycles. The predicted molar refractivity (Wildman–Crippen MR) is 82.6 cm³/mol. The first kappa shape index (κ1) is 15.5. The maximum absolute atomic E-state index is 12.1. The van der Waals surface area contributed by atoms with Gasteiger partial charge < -0.3 is 0 Å². The quantitative estimate of drug-likeness (QED) is 0.735. The fraction of sp³-hybridized carbons (Fsp3) is 0. The first-order valence-electron chi connectivity index (χ1n) is 4.45. The van der Waals surface area contributed by atoms with E-state index in [0.29, 0.717) is 4.60 Å². The van der Waals surface area contributed by atoms with E-state index in [0.717, 1.165) is 11.3 Å². The molecule has 0 bridgehead atoms. The summed E-state index contributed by atoms with van der Waals surface area (Å²) < 4.78 is 27.6. The molecule has 0 aliphatic rings. The Morgan fingerprint density at radius 1 is 1.32 bits per heavy atom. The van der Waals surface area contributed by atoms with Gasteiger partial charge in [-0.15, -0.1) is 11.3 Å². The SMILES string of the molecule is O=S(=O)(Nc1ncc(Br)nc1Br)c1cc(Cl)sc1Cl. The van der Waals surface area contributed by atoms with Crippen LogP contribution in [0, 0.1) is 0 Å². The van der Waals surface area contributed by atoms with Crippen molar-refractivity contribution in [3.8, 4) is 0 Å². The fourth-order valence-corrected chi connectivity index (χ4v) is 5.31. The Kier molecular flexibility index (Phi) is 4.74. The van der Waals surface area contributed by atoms with Crippen LogP contribution in [-0.4, -0.2) is 18.4 Å². The number of aromatic nitrogens is 2. The van der Waals surface area contributed by atoms with Crippen LogP contribution in [0.5, 0.6) is 0 Å². The molecule has 0 aliphatic heterocycles. The molecule has 1 N–H and O–H groups in total. The zero-order valence-electron chi connectivity index (χ0n) is 8.69. The van der Waals surface area contributed by atoms with Crippen LogP contribution in [0.3, 0.4) is 0 Å². The van der Waals surface area contributed by atoms with Gasteiger partial charge in [0.15, 0.2) is 10.4 Å². The van der Waals surface area contributed by atoms with Gasteiger partial charge in [0.1, 0.15) is 13.8 Å². The lowest BCUT2D eigenvalue weighted by Crippen LogP contribution is -2.14. The van der Waals surface area contributed by atoms with Gasteiger partial charge in [-0.1, -0.05) is 23.2 Å². The molecule has 0 spiro atoms. The van der Waals surface area contributed by atoms with Crippen LogP contribution in [-0.2, 0) is 10.0 Å². The molecule has 0 fully saturated rings. The number of hydrogen-bond acceptors (Lipinski definition) is 5. The third-order valence-electron chi connectivity index (χ3n) is 1.85. The Bertz CT molecular complexity index is 736. The third-order valence-corrected chi connectivity index (χ3v) is 5.87. The maximum Gasteiger partial charge on any atom is 0.265 e. The molecule has 0 unspecified atom stereocenters. The van der Waals surface area contributed by atoms with Gasteiger partial charge in [-0.2, -0.15) is 0 Å². The minimum atomic E-state index is -3.86. The Morgan fingerprint density at radius 2 is 2.00 bits per heavy atom. The minimum absolute atomic E-state index is 0.0570. The standard InChI is InChI=1S/C8H3Br2Cl2N3O2S2/c9-4-2-13-8(6(10)14-4)15-19(16,17)3-1-5(11)18-7(3)12/h1-2H,(H,13,15). The van der Waals surface area contributed by atoms with Gasteiger partial charge >= 0.3 is 0 Å². The third kappa shape index (κ3) is 3.59. The van der Waals surface area contributed by atoms with E-state index in [4.69, 9.17) is 23.2 Å². The Balaban J connectivity index is 2.39. The molecule has 0 radical (unpaired) electrons. The highest BCUT2D eigenvalue weighted by molar-refractivity contribution is 9.11. The van der Waals surface area contributed by atoms with E-state index in [1.807, 2.05) is 0 Å². The molecule has 0 atom stereocenters. The first-order valence-corrected chi connectivity index (χ1v) is 9.09. The largest absolute Gasteiger partial charge is 0.265 e. The zero-order valence-corrected chi connectivity index (χ0v) is 15.0. The normalized spacial score (nSPS) is 11.6. The molecule has 2 heterocycles. The van der Waals surface area contributed by atoms with Gasteiger partial charge in [0.25, 0.3) is 10.0 Å². The summed E-state index contributed by atoms with van der Waals surface area (Å²) in [7, 11) is -3.86. The van der Waals surface area contributed by atoms with Crippen molar-refractivity contribution in [2.24, 2.45) is 0 Å². The van der Waals surface area contributed by atoms with Crippen molar-refractivity contribution in [2.75, 3.05) is 4.72 Å². The number of halogens is 4. The van der Waals surface area contributed by atoms with Crippen molar-refractivity contribution < 1.29 is 8.42 Å². The molecule has 11 heteroatoms. The number of rotatable bonds is 3. The van der Waals surface area contributed by atoms with E-state index in [-0.39, 0.29) is 24.0 Å². The number of hydrogen-bond donors (Lipinski definition) is 1. The Morgan fingerprint density at radius 3 is 2.53 bits per heavy atom. The number of nitrogens with zero attached hydrogens (tertiary/aromatic N) is 2. The molecule has 2 aromatic rings. The number of thiophene rings is 1. The molecule has 0 aliphatic carbocycles. The highest BCUT2D eigenvalue weighted by Gasteiger charge is 2.22. The van der Waals surface area contributed by atoms with Crippen LogP contribution in [0.2, 0.25) is 8.67 Å². The molecular weight excluding hydrogens is 465 g/mol. The first-order chi connectivity index (χ1) is 8.79. The molecule has 0 aromatic carbocycles. The van der Waals surface area contributed by atoms with Crippen molar-refractivity contribution in [3.63, 3.8) is 0 Å². The topological polar surface area (TPSA) is 72.0 Å². The van der Waals surface area contributed by atoms with E-state index in [1.54, 1.807) is 0 Å². The summed E-state index contributed by atoms with van der Waals surface area (Å²) in [6.07, 6.45) is 1.37. The summed E-state index contributed by atoms with van der Waals surface area (Å²) >= 11 is 18.7. The fourth-order valence-electron chi connectivity index (χ4n) is 1.11. The minimum Gasteiger partial charge on any atom is -0.261 e. The van der Waals surface area contributed by atoms with Crippen LogP contribution < -0.4 is 4.72 Å². The highest BCUT2D eigenvalue weighted by Crippen LogP contribution is 2.35. The van der Waals surface area contributed by atoms with E-state index < -0.39 is 10.0 Å². The molecule has 0 saturated carbocycles. The van der Waals surface area contributed by atoms with E-state index in [1.165, 1.54) is 12.3 Å². The van der Waals surface area contributed by atoms with Crippen molar-refractivity contribution in [3.05, 3.63) is 30.1 Å². The average Bonchev–Trinajstić information content (AvgIpc) is 2.63. The Hall–Kier alpha value is 0.0700. The molecule has 0 amide bonds. The molecule has 5 nitrogen and oxygen atoms in total. The lowest BCUT2D eigenvalue weighted by molar-refractivity contribution is 0.601. The maximum atomic E-state index is 12.1. The molecule has 102 valence electrons. The van der Waals surface area contributed by atoms with Gasteiger partial charge in [0.05, 0.1) is 10.5 Å². The van der Waals surface area contributed by atoms with Crippen LogP contribution in [0.4, 0.5) is 5.82 Å². The summed E-state index contributed by atoms with van der Waals surface area (Å²) in [5, 5.41) is 0. The van der Waals surface area contributed by atoms with E-state index >= 15 is 0 Å². The summed E-state index contributed by atoms with van der Waals surface area (Å²) in [6.45, 7) is 0. The zero-order chi connectivity index (χ0) is 14.2. The summed E-state index contributed by atoms with van der Waals surface area (Å²) in [6, 6.07) is 1.27.